The van der Waals surface area contributed by atoms with Gasteiger partial charge in [0, 0.05) is 19.2 Å². The predicted molar refractivity (Wildman–Crippen MR) is 112 cm³/mol. The summed E-state index contributed by atoms with van der Waals surface area (Å²) >= 11 is 0. The van der Waals surface area contributed by atoms with Gasteiger partial charge in [-0.2, -0.15) is 0 Å². The molecular formula is C22H42N2O2. The van der Waals surface area contributed by atoms with Crippen LogP contribution in [-0.4, -0.2) is 21.3 Å². The minimum Gasteiger partial charge on any atom is -0.494 e. The number of hydrogen-bond donors (Lipinski definition) is 3. The Hall–Kier alpha value is -1.32. The molecule has 4 heteroatoms. The fourth-order valence-electron chi connectivity index (χ4n) is 3.41. The van der Waals surface area contributed by atoms with Gasteiger partial charge in [-0.15, -0.1) is 0 Å². The van der Waals surface area contributed by atoms with Crippen molar-refractivity contribution in [2.24, 2.45) is 0 Å². The van der Waals surface area contributed by atoms with Gasteiger partial charge < -0.3 is 15.5 Å². The Balaban J connectivity index is 2.18. The number of aromatic nitrogens is 1. The van der Waals surface area contributed by atoms with E-state index in [9.17, 15) is 10.2 Å². The van der Waals surface area contributed by atoms with E-state index in [4.69, 9.17) is 0 Å². The lowest BCUT2D eigenvalue weighted by atomic mass is 10.1. The van der Waals surface area contributed by atoms with Crippen LogP contribution >= 0.6 is 0 Å². The summed E-state index contributed by atoms with van der Waals surface area (Å²) in [4.78, 5) is 0. The van der Waals surface area contributed by atoms with Gasteiger partial charge in [0.2, 0.25) is 5.88 Å². The second kappa shape index (κ2) is 14.8. The second-order valence-corrected chi connectivity index (χ2v) is 7.56. The highest BCUT2D eigenvalue weighted by atomic mass is 16.3. The van der Waals surface area contributed by atoms with E-state index in [1.54, 1.807) is 10.6 Å². The highest BCUT2D eigenvalue weighted by Gasteiger charge is 2.13. The average Bonchev–Trinajstić information content (AvgIpc) is 2.90. The molecule has 0 amide bonds. The number of anilines is 1. The van der Waals surface area contributed by atoms with Gasteiger partial charge in [0.05, 0.1) is 0 Å². The molecule has 1 aromatic heterocycles. The molecule has 3 N–H and O–H groups in total. The lowest BCUT2D eigenvalue weighted by Gasteiger charge is -2.08. The average molecular weight is 367 g/mol. The molecule has 4 nitrogen and oxygen atoms in total. The van der Waals surface area contributed by atoms with Gasteiger partial charge in [0.25, 0.3) is 0 Å². The molecule has 0 unspecified atom stereocenters. The summed E-state index contributed by atoms with van der Waals surface area (Å²) in [5, 5.41) is 23.7. The topological polar surface area (TPSA) is 57.4 Å². The number of hydrogen-bond acceptors (Lipinski definition) is 3. The normalized spacial score (nSPS) is 11.2. The Bertz CT molecular complexity index is 457. The molecule has 152 valence electrons. The molecule has 0 bridgehead atoms. The van der Waals surface area contributed by atoms with Gasteiger partial charge in [-0.05, 0) is 12.8 Å². The summed E-state index contributed by atoms with van der Waals surface area (Å²) < 4.78 is 1.62. The van der Waals surface area contributed by atoms with Gasteiger partial charge in [-0.1, -0.05) is 90.9 Å². The van der Waals surface area contributed by atoms with Crippen LogP contribution in [0, 0.1) is 0 Å². The minimum atomic E-state index is 0.163. The Labute approximate surface area is 161 Å². The minimum absolute atomic E-state index is 0.163. The van der Waals surface area contributed by atoms with Crippen LogP contribution in [0.15, 0.2) is 6.07 Å². The first-order chi connectivity index (χ1) is 12.7. The zero-order valence-electron chi connectivity index (χ0n) is 17.2. The van der Waals surface area contributed by atoms with Crippen LogP contribution in [0.4, 0.5) is 5.69 Å². The third kappa shape index (κ3) is 9.40. The Morgan fingerprint density at radius 2 is 1.23 bits per heavy atom. The largest absolute Gasteiger partial charge is 0.494 e. The summed E-state index contributed by atoms with van der Waals surface area (Å²) in [6.07, 6.45) is 17.5. The van der Waals surface area contributed by atoms with Crippen molar-refractivity contribution in [3.63, 3.8) is 0 Å². The Kier molecular flexibility index (Phi) is 12.9. The molecule has 0 aliphatic rings. The summed E-state index contributed by atoms with van der Waals surface area (Å²) in [5.41, 5.74) is 0.663. The zero-order chi connectivity index (χ0) is 19.0. The van der Waals surface area contributed by atoms with E-state index in [0.29, 0.717) is 12.2 Å². The molecule has 0 aliphatic heterocycles. The number of rotatable bonds is 17. The lowest BCUT2D eigenvalue weighted by molar-refractivity contribution is 0.362. The van der Waals surface area contributed by atoms with Gasteiger partial charge >= 0.3 is 0 Å². The summed E-state index contributed by atoms with van der Waals surface area (Å²) in [5.74, 6) is 0.340. The third-order valence-corrected chi connectivity index (χ3v) is 5.13. The Morgan fingerprint density at radius 1 is 0.731 bits per heavy atom. The van der Waals surface area contributed by atoms with Gasteiger partial charge in [0.1, 0.15) is 5.69 Å². The van der Waals surface area contributed by atoms with Gasteiger partial charge in [-0.3, -0.25) is 4.57 Å². The Morgan fingerprint density at radius 3 is 1.81 bits per heavy atom. The van der Waals surface area contributed by atoms with E-state index in [1.807, 2.05) is 0 Å². The van der Waals surface area contributed by atoms with Crippen LogP contribution in [0.25, 0.3) is 0 Å². The van der Waals surface area contributed by atoms with Crippen molar-refractivity contribution in [2.75, 3.05) is 11.9 Å². The fourth-order valence-corrected chi connectivity index (χ4v) is 3.41. The highest BCUT2D eigenvalue weighted by Crippen LogP contribution is 2.32. The van der Waals surface area contributed by atoms with Crippen LogP contribution in [-0.2, 0) is 6.54 Å². The standard InChI is InChI=1S/C22H42N2O2/c1-3-5-7-9-11-13-15-17-23-20-19-21(25)24(22(20)26)18-16-14-12-10-8-6-4-2/h19,23,25-26H,3-18H2,1-2H3. The van der Waals surface area contributed by atoms with E-state index < -0.39 is 0 Å². The number of aromatic hydroxyl groups is 2. The van der Waals surface area contributed by atoms with E-state index in [-0.39, 0.29) is 11.8 Å². The van der Waals surface area contributed by atoms with Crippen LogP contribution in [0.1, 0.15) is 104 Å². The van der Waals surface area contributed by atoms with Crippen LogP contribution in [0.3, 0.4) is 0 Å². The molecule has 1 aromatic rings. The quantitative estimate of drug-likeness (QED) is 0.265. The summed E-state index contributed by atoms with van der Waals surface area (Å²) in [6, 6.07) is 1.65. The molecule has 0 fully saturated rings. The lowest BCUT2D eigenvalue weighted by Crippen LogP contribution is -2.02. The molecule has 0 radical (unpaired) electrons. The predicted octanol–water partition coefficient (Wildman–Crippen LogP) is 6.81. The number of unbranched alkanes of at least 4 members (excludes halogenated alkanes) is 12. The van der Waals surface area contributed by atoms with Crippen LogP contribution in [0.2, 0.25) is 0 Å². The van der Waals surface area contributed by atoms with Crippen LogP contribution < -0.4 is 5.32 Å². The van der Waals surface area contributed by atoms with Crippen molar-refractivity contribution in [3.8, 4) is 11.8 Å². The first-order valence-electron chi connectivity index (χ1n) is 11.1. The fraction of sp³-hybridized carbons (Fsp3) is 0.818. The SMILES string of the molecule is CCCCCCCCCNc1cc(O)n(CCCCCCCCC)c1O. The summed E-state index contributed by atoms with van der Waals surface area (Å²) in [7, 11) is 0. The monoisotopic (exact) mass is 366 g/mol. The molecule has 26 heavy (non-hydrogen) atoms. The van der Waals surface area contributed by atoms with Crippen molar-refractivity contribution in [3.05, 3.63) is 6.07 Å². The number of nitrogens with one attached hydrogen (secondary N) is 1. The maximum absolute atomic E-state index is 10.3. The molecule has 0 atom stereocenters. The zero-order valence-corrected chi connectivity index (χ0v) is 17.2. The van der Waals surface area contributed by atoms with Crippen molar-refractivity contribution in [2.45, 2.75) is 110 Å². The second-order valence-electron chi connectivity index (χ2n) is 7.56. The van der Waals surface area contributed by atoms with E-state index >= 15 is 0 Å². The van der Waals surface area contributed by atoms with E-state index in [0.717, 1.165) is 25.8 Å². The highest BCUT2D eigenvalue weighted by molar-refractivity contribution is 5.57. The van der Waals surface area contributed by atoms with E-state index in [2.05, 4.69) is 19.2 Å². The molecule has 1 heterocycles. The maximum atomic E-state index is 10.3. The molecule has 0 saturated heterocycles. The van der Waals surface area contributed by atoms with E-state index in [1.165, 1.54) is 70.6 Å². The molecule has 1 rings (SSSR count). The third-order valence-electron chi connectivity index (χ3n) is 5.13. The molecule has 0 spiro atoms. The molecular weight excluding hydrogens is 324 g/mol. The van der Waals surface area contributed by atoms with Crippen molar-refractivity contribution in [1.29, 1.82) is 0 Å². The first kappa shape index (κ1) is 22.7. The summed E-state index contributed by atoms with van der Waals surface area (Å²) in [6.45, 7) is 6.01. The smallest absolute Gasteiger partial charge is 0.218 e. The number of nitrogens with zero attached hydrogens (tertiary/aromatic N) is 1. The van der Waals surface area contributed by atoms with Crippen molar-refractivity contribution < 1.29 is 10.2 Å². The maximum Gasteiger partial charge on any atom is 0.218 e. The molecule has 0 aliphatic carbocycles. The van der Waals surface area contributed by atoms with Gasteiger partial charge in [0.15, 0.2) is 5.88 Å². The molecule has 0 aromatic carbocycles. The van der Waals surface area contributed by atoms with Crippen molar-refractivity contribution >= 4 is 5.69 Å². The molecule has 0 saturated carbocycles. The van der Waals surface area contributed by atoms with Crippen LogP contribution in [0.5, 0.6) is 11.8 Å². The first-order valence-corrected chi connectivity index (χ1v) is 11.1. The van der Waals surface area contributed by atoms with Gasteiger partial charge in [-0.25, -0.2) is 0 Å². The van der Waals surface area contributed by atoms with Crippen molar-refractivity contribution in [1.82, 2.24) is 4.57 Å².